The fourth-order valence-corrected chi connectivity index (χ4v) is 5.47. The van der Waals surface area contributed by atoms with Crippen molar-refractivity contribution < 1.29 is 4.79 Å². The van der Waals surface area contributed by atoms with E-state index in [1.165, 1.54) is 35.1 Å². The van der Waals surface area contributed by atoms with Crippen LogP contribution in [0.3, 0.4) is 0 Å². The Balaban J connectivity index is 1.45. The fourth-order valence-electron chi connectivity index (χ4n) is 4.24. The number of nitrogens with one attached hydrogen (secondary N) is 1. The van der Waals surface area contributed by atoms with Gasteiger partial charge < -0.3 is 10.2 Å². The smallest absolute Gasteiger partial charge is 0.225 e. The zero-order valence-corrected chi connectivity index (χ0v) is 15.3. The average molecular weight is 356 g/mol. The highest BCUT2D eigenvalue weighted by atomic mass is 32.1. The molecule has 1 saturated carbocycles. The van der Waals surface area contributed by atoms with Gasteiger partial charge in [0.1, 0.15) is 17.0 Å². The quantitative estimate of drug-likeness (QED) is 0.918. The van der Waals surface area contributed by atoms with Crippen LogP contribution in [0.4, 0.5) is 5.82 Å². The third-order valence-electron chi connectivity index (χ3n) is 5.75. The molecule has 2 fully saturated rings. The van der Waals surface area contributed by atoms with Gasteiger partial charge >= 0.3 is 0 Å². The van der Waals surface area contributed by atoms with Crippen molar-refractivity contribution in [3.05, 3.63) is 16.8 Å². The van der Waals surface area contributed by atoms with Crippen LogP contribution < -0.4 is 10.2 Å². The van der Waals surface area contributed by atoms with Gasteiger partial charge in [0, 0.05) is 24.0 Å². The summed E-state index contributed by atoms with van der Waals surface area (Å²) in [5.74, 6) is 1.40. The molecule has 0 aromatic carbocycles. The van der Waals surface area contributed by atoms with Gasteiger partial charge in [0.15, 0.2) is 0 Å². The number of carbonyl (C=O) groups is 1. The van der Waals surface area contributed by atoms with Crippen molar-refractivity contribution in [1.82, 2.24) is 15.3 Å². The lowest BCUT2D eigenvalue weighted by atomic mass is 9.95. The van der Waals surface area contributed by atoms with Crippen molar-refractivity contribution >= 4 is 33.3 Å². The summed E-state index contributed by atoms with van der Waals surface area (Å²) in [6.07, 6.45) is 10.9. The number of anilines is 1. The first-order chi connectivity index (χ1) is 12.3. The number of piperidine rings is 1. The molecule has 1 unspecified atom stereocenters. The summed E-state index contributed by atoms with van der Waals surface area (Å²) >= 11 is 1.84. The van der Waals surface area contributed by atoms with E-state index in [1.54, 1.807) is 6.33 Å². The molecule has 2 aromatic heterocycles. The highest BCUT2D eigenvalue weighted by Gasteiger charge is 2.32. The predicted molar refractivity (Wildman–Crippen MR) is 100 cm³/mol. The van der Waals surface area contributed by atoms with Crippen molar-refractivity contribution in [1.29, 1.82) is 0 Å². The number of hydrogen-bond acceptors (Lipinski definition) is 5. The van der Waals surface area contributed by atoms with E-state index >= 15 is 0 Å². The summed E-state index contributed by atoms with van der Waals surface area (Å²) < 4.78 is 0. The topological polar surface area (TPSA) is 58.1 Å². The summed E-state index contributed by atoms with van der Waals surface area (Å²) in [6.45, 7) is 1.78. The van der Waals surface area contributed by atoms with Crippen molar-refractivity contribution in [3.63, 3.8) is 0 Å². The zero-order valence-electron chi connectivity index (χ0n) is 14.5. The third kappa shape index (κ3) is 2.90. The number of fused-ring (bicyclic) bond motifs is 3. The van der Waals surface area contributed by atoms with Gasteiger partial charge in [0.2, 0.25) is 5.91 Å². The zero-order chi connectivity index (χ0) is 16.8. The Hall–Kier alpha value is -1.69. The minimum absolute atomic E-state index is 0.0915. The normalized spacial score (nSPS) is 23.5. The number of thiophene rings is 1. The van der Waals surface area contributed by atoms with E-state index in [1.807, 2.05) is 11.3 Å². The maximum Gasteiger partial charge on any atom is 0.225 e. The van der Waals surface area contributed by atoms with Gasteiger partial charge in [-0.3, -0.25) is 4.79 Å². The summed E-state index contributed by atoms with van der Waals surface area (Å²) in [7, 11) is 0. The lowest BCUT2D eigenvalue weighted by molar-refractivity contribution is -0.125. The number of rotatable bonds is 3. The van der Waals surface area contributed by atoms with Crippen molar-refractivity contribution in [3.8, 4) is 0 Å². The summed E-state index contributed by atoms with van der Waals surface area (Å²) in [5, 5.41) is 4.45. The number of carbonyl (C=O) groups excluding carboxylic acids is 1. The van der Waals surface area contributed by atoms with Crippen molar-refractivity contribution in [2.24, 2.45) is 5.92 Å². The van der Waals surface area contributed by atoms with Gasteiger partial charge in [-0.25, -0.2) is 9.97 Å². The van der Waals surface area contributed by atoms with Crippen molar-refractivity contribution in [2.45, 2.75) is 57.4 Å². The van der Waals surface area contributed by atoms with Gasteiger partial charge in [0.25, 0.3) is 0 Å². The molecule has 132 valence electrons. The number of amides is 1. The minimum atomic E-state index is 0.0915. The molecule has 3 aliphatic rings. The highest BCUT2D eigenvalue weighted by molar-refractivity contribution is 7.19. The first kappa shape index (κ1) is 15.6. The molecule has 1 amide bonds. The van der Waals surface area contributed by atoms with E-state index in [-0.39, 0.29) is 11.8 Å². The van der Waals surface area contributed by atoms with Gasteiger partial charge in [0.05, 0.1) is 11.3 Å². The second kappa shape index (κ2) is 6.24. The molecule has 0 bridgehead atoms. The minimum Gasteiger partial charge on any atom is -0.355 e. The summed E-state index contributed by atoms with van der Waals surface area (Å²) in [4.78, 5) is 26.7. The van der Waals surface area contributed by atoms with E-state index in [0.717, 1.165) is 55.8 Å². The highest BCUT2D eigenvalue weighted by Crippen LogP contribution is 2.40. The van der Waals surface area contributed by atoms with Crippen LogP contribution in [0, 0.1) is 5.92 Å². The maximum absolute atomic E-state index is 12.5. The monoisotopic (exact) mass is 356 g/mol. The van der Waals surface area contributed by atoms with Crippen LogP contribution in [-0.2, 0) is 17.6 Å². The Morgan fingerprint density at radius 3 is 2.92 bits per heavy atom. The molecule has 0 radical (unpaired) electrons. The molecule has 0 spiro atoms. The Kier molecular flexibility index (Phi) is 3.88. The molecule has 5 rings (SSSR count). The number of hydrogen-bond donors (Lipinski definition) is 1. The van der Waals surface area contributed by atoms with Gasteiger partial charge in [-0.15, -0.1) is 11.3 Å². The van der Waals surface area contributed by atoms with Gasteiger partial charge in [-0.1, -0.05) is 0 Å². The van der Waals surface area contributed by atoms with Crippen LogP contribution in [0.5, 0.6) is 0 Å². The third-order valence-corrected chi connectivity index (χ3v) is 6.95. The first-order valence-corrected chi connectivity index (χ1v) is 10.4. The standard InChI is InChI=1S/C19H24N4OS/c24-18(22-13-7-8-13)12-4-3-9-23(10-12)17-16-14-5-1-2-6-15(14)25-19(16)21-11-20-17/h11-13H,1-10H2,(H,22,24). The van der Waals surface area contributed by atoms with E-state index in [4.69, 9.17) is 0 Å². The number of aromatic nitrogens is 2. The Morgan fingerprint density at radius 1 is 1.16 bits per heavy atom. The Morgan fingerprint density at radius 2 is 2.04 bits per heavy atom. The van der Waals surface area contributed by atoms with Crippen LogP contribution in [0.25, 0.3) is 10.2 Å². The van der Waals surface area contributed by atoms with Crippen molar-refractivity contribution in [2.75, 3.05) is 18.0 Å². The fraction of sp³-hybridized carbons (Fsp3) is 0.632. The molecule has 6 heteroatoms. The molecular formula is C19H24N4OS. The molecule has 5 nitrogen and oxygen atoms in total. The Labute approximate surface area is 151 Å². The summed E-state index contributed by atoms with van der Waals surface area (Å²) in [5.41, 5.74) is 1.48. The van der Waals surface area contributed by atoms with Crippen LogP contribution in [-0.4, -0.2) is 35.0 Å². The average Bonchev–Trinajstić information content (AvgIpc) is 3.38. The molecule has 3 heterocycles. The Bertz CT molecular complexity index is 813. The molecular weight excluding hydrogens is 332 g/mol. The molecule has 1 atom stereocenters. The maximum atomic E-state index is 12.5. The van der Waals surface area contributed by atoms with Gasteiger partial charge in [-0.2, -0.15) is 0 Å². The van der Waals surface area contributed by atoms with E-state index in [2.05, 4.69) is 20.2 Å². The summed E-state index contributed by atoms with van der Waals surface area (Å²) in [6, 6.07) is 0.442. The van der Waals surface area contributed by atoms with Crippen LogP contribution >= 0.6 is 11.3 Å². The lowest BCUT2D eigenvalue weighted by Gasteiger charge is -2.33. The molecule has 1 N–H and O–H groups in total. The van der Waals surface area contributed by atoms with E-state index in [0.29, 0.717) is 6.04 Å². The first-order valence-electron chi connectivity index (χ1n) is 9.60. The molecule has 2 aromatic rings. The number of aryl methyl sites for hydroxylation is 2. The van der Waals surface area contributed by atoms with Crippen LogP contribution in [0.15, 0.2) is 6.33 Å². The van der Waals surface area contributed by atoms with E-state index < -0.39 is 0 Å². The molecule has 25 heavy (non-hydrogen) atoms. The SMILES string of the molecule is O=C(NC1CC1)C1CCCN(c2ncnc3sc4c(c23)CCCC4)C1. The second-order valence-electron chi connectivity index (χ2n) is 7.66. The van der Waals surface area contributed by atoms with Crippen LogP contribution in [0.2, 0.25) is 0 Å². The largest absolute Gasteiger partial charge is 0.355 e. The molecule has 2 aliphatic carbocycles. The lowest BCUT2D eigenvalue weighted by Crippen LogP contribution is -2.44. The van der Waals surface area contributed by atoms with Crippen LogP contribution in [0.1, 0.15) is 49.0 Å². The van der Waals surface area contributed by atoms with E-state index in [9.17, 15) is 4.79 Å². The second-order valence-corrected chi connectivity index (χ2v) is 8.74. The number of nitrogens with zero attached hydrogens (tertiary/aromatic N) is 3. The van der Waals surface area contributed by atoms with Gasteiger partial charge in [-0.05, 0) is 56.9 Å². The molecule has 1 aliphatic heterocycles. The predicted octanol–water partition coefficient (Wildman–Crippen LogP) is 3.07. The molecule has 1 saturated heterocycles.